The zero-order valence-corrected chi connectivity index (χ0v) is 11.3. The van der Waals surface area contributed by atoms with Gasteiger partial charge in [0.05, 0.1) is 12.1 Å². The summed E-state index contributed by atoms with van der Waals surface area (Å²) in [6, 6.07) is 4.38. The molecule has 1 heterocycles. The third-order valence-electron chi connectivity index (χ3n) is 2.71. The monoisotopic (exact) mass is 278 g/mol. The van der Waals surface area contributed by atoms with E-state index in [4.69, 9.17) is 4.74 Å². The van der Waals surface area contributed by atoms with Crippen LogP contribution in [0, 0.1) is 5.82 Å². The van der Waals surface area contributed by atoms with E-state index in [9.17, 15) is 9.18 Å². The number of hydrogen-bond donors (Lipinski definition) is 0. The van der Waals surface area contributed by atoms with Crippen molar-refractivity contribution in [2.45, 2.75) is 6.54 Å². The first-order valence-corrected chi connectivity index (χ1v) is 6.04. The van der Waals surface area contributed by atoms with Crippen LogP contribution in [0.1, 0.15) is 10.4 Å². The van der Waals surface area contributed by atoms with E-state index >= 15 is 0 Å². The van der Waals surface area contributed by atoms with Crippen LogP contribution in [-0.4, -0.2) is 41.4 Å². The van der Waals surface area contributed by atoms with Crippen molar-refractivity contribution in [3.63, 3.8) is 0 Å². The topological polar surface area (TPSA) is 60.2 Å². The molecular formula is C13H15FN4O2. The second-order valence-electron chi connectivity index (χ2n) is 4.35. The molecule has 2 rings (SSSR count). The number of halogens is 1. The summed E-state index contributed by atoms with van der Waals surface area (Å²) >= 11 is 0. The molecule has 0 saturated carbocycles. The Bertz CT molecular complexity index is 584. The summed E-state index contributed by atoms with van der Waals surface area (Å²) in [4.78, 5) is 17.3. The SMILES string of the molecule is CN(C)c1ccc(C(=O)OCCn2cncn2)c(F)c1. The van der Waals surface area contributed by atoms with Crippen molar-refractivity contribution in [1.82, 2.24) is 14.8 Å². The van der Waals surface area contributed by atoms with Gasteiger partial charge in [-0.2, -0.15) is 5.10 Å². The van der Waals surface area contributed by atoms with Crippen molar-refractivity contribution in [1.29, 1.82) is 0 Å². The highest BCUT2D eigenvalue weighted by Gasteiger charge is 2.14. The molecule has 0 radical (unpaired) electrons. The van der Waals surface area contributed by atoms with Gasteiger partial charge in [-0.15, -0.1) is 0 Å². The zero-order chi connectivity index (χ0) is 14.5. The highest BCUT2D eigenvalue weighted by Crippen LogP contribution is 2.17. The summed E-state index contributed by atoms with van der Waals surface area (Å²) in [6.07, 6.45) is 2.90. The summed E-state index contributed by atoms with van der Waals surface area (Å²) in [7, 11) is 3.59. The fourth-order valence-corrected chi connectivity index (χ4v) is 1.61. The molecule has 0 N–H and O–H groups in total. The fraction of sp³-hybridized carbons (Fsp3) is 0.308. The minimum Gasteiger partial charge on any atom is -0.460 e. The molecule has 0 fully saturated rings. The largest absolute Gasteiger partial charge is 0.460 e. The average molecular weight is 278 g/mol. The standard InChI is InChI=1S/C13H15FN4O2/c1-17(2)10-3-4-11(12(14)7-10)13(19)20-6-5-18-9-15-8-16-18/h3-4,7-9H,5-6H2,1-2H3. The van der Waals surface area contributed by atoms with E-state index in [0.29, 0.717) is 12.2 Å². The van der Waals surface area contributed by atoms with Crippen molar-refractivity contribution in [3.05, 3.63) is 42.2 Å². The van der Waals surface area contributed by atoms with Crippen LogP contribution in [-0.2, 0) is 11.3 Å². The summed E-state index contributed by atoms with van der Waals surface area (Å²) in [5, 5.41) is 3.87. The smallest absolute Gasteiger partial charge is 0.341 e. The molecule has 1 aromatic heterocycles. The van der Waals surface area contributed by atoms with E-state index in [1.54, 1.807) is 25.1 Å². The Labute approximate surface area is 115 Å². The maximum Gasteiger partial charge on any atom is 0.341 e. The maximum atomic E-state index is 13.8. The number of carbonyl (C=O) groups excluding carboxylic acids is 1. The Hall–Kier alpha value is -2.44. The van der Waals surface area contributed by atoms with E-state index in [1.165, 1.54) is 29.5 Å². The number of carbonyl (C=O) groups is 1. The zero-order valence-electron chi connectivity index (χ0n) is 11.3. The first-order valence-electron chi connectivity index (χ1n) is 6.04. The predicted octanol–water partition coefficient (Wildman–Crippen LogP) is 1.34. The predicted molar refractivity (Wildman–Crippen MR) is 71.0 cm³/mol. The minimum atomic E-state index is -0.687. The second-order valence-corrected chi connectivity index (χ2v) is 4.35. The summed E-state index contributed by atoms with van der Waals surface area (Å²) in [6.45, 7) is 0.486. The van der Waals surface area contributed by atoms with Crippen molar-refractivity contribution in [2.24, 2.45) is 0 Å². The van der Waals surface area contributed by atoms with Gasteiger partial charge < -0.3 is 9.64 Å². The molecule has 0 saturated heterocycles. The Morgan fingerprint density at radius 1 is 1.45 bits per heavy atom. The maximum absolute atomic E-state index is 13.8. The van der Waals surface area contributed by atoms with Gasteiger partial charge in [-0.3, -0.25) is 0 Å². The highest BCUT2D eigenvalue weighted by molar-refractivity contribution is 5.90. The lowest BCUT2D eigenvalue weighted by atomic mass is 10.2. The molecule has 0 aliphatic rings. The Balaban J connectivity index is 1.95. The van der Waals surface area contributed by atoms with Crippen LogP contribution in [0.4, 0.5) is 10.1 Å². The molecule has 0 amide bonds. The van der Waals surface area contributed by atoms with Crippen molar-refractivity contribution >= 4 is 11.7 Å². The van der Waals surface area contributed by atoms with Gasteiger partial charge >= 0.3 is 5.97 Å². The molecule has 20 heavy (non-hydrogen) atoms. The van der Waals surface area contributed by atoms with Gasteiger partial charge in [-0.1, -0.05) is 0 Å². The van der Waals surface area contributed by atoms with E-state index in [1.807, 2.05) is 0 Å². The number of anilines is 1. The van der Waals surface area contributed by atoms with Crippen molar-refractivity contribution in [3.8, 4) is 0 Å². The molecule has 106 valence electrons. The average Bonchev–Trinajstić information content (AvgIpc) is 2.91. The van der Waals surface area contributed by atoms with Gasteiger partial charge in [0.2, 0.25) is 0 Å². The van der Waals surface area contributed by atoms with Gasteiger partial charge in [0, 0.05) is 19.8 Å². The molecule has 7 heteroatoms. The number of nitrogens with zero attached hydrogens (tertiary/aromatic N) is 4. The second kappa shape index (κ2) is 6.14. The number of esters is 1. The highest BCUT2D eigenvalue weighted by atomic mass is 19.1. The molecule has 0 aliphatic carbocycles. The fourth-order valence-electron chi connectivity index (χ4n) is 1.61. The Morgan fingerprint density at radius 3 is 2.85 bits per heavy atom. The third-order valence-corrected chi connectivity index (χ3v) is 2.71. The van der Waals surface area contributed by atoms with Gasteiger partial charge in [0.25, 0.3) is 0 Å². The lowest BCUT2D eigenvalue weighted by Crippen LogP contribution is -2.14. The molecule has 0 spiro atoms. The number of ether oxygens (including phenoxy) is 1. The normalized spacial score (nSPS) is 10.3. The molecule has 0 bridgehead atoms. The van der Waals surface area contributed by atoms with Crippen LogP contribution in [0.2, 0.25) is 0 Å². The number of hydrogen-bond acceptors (Lipinski definition) is 5. The van der Waals surface area contributed by atoms with Crippen LogP contribution >= 0.6 is 0 Å². The first kappa shape index (κ1) is 14.0. The number of aromatic nitrogens is 3. The van der Waals surface area contributed by atoms with E-state index < -0.39 is 11.8 Å². The van der Waals surface area contributed by atoms with Crippen LogP contribution in [0.5, 0.6) is 0 Å². The Morgan fingerprint density at radius 2 is 2.25 bits per heavy atom. The first-order chi connectivity index (χ1) is 9.58. The van der Waals surface area contributed by atoms with E-state index in [2.05, 4.69) is 10.1 Å². The number of benzene rings is 1. The molecule has 1 aromatic carbocycles. The van der Waals surface area contributed by atoms with Crippen LogP contribution in [0.15, 0.2) is 30.9 Å². The van der Waals surface area contributed by atoms with Crippen molar-refractivity contribution < 1.29 is 13.9 Å². The van der Waals surface area contributed by atoms with Crippen LogP contribution in [0.3, 0.4) is 0 Å². The quantitative estimate of drug-likeness (QED) is 0.772. The molecule has 2 aromatic rings. The molecule has 0 aliphatic heterocycles. The minimum absolute atomic E-state index is 0.0748. The van der Waals surface area contributed by atoms with E-state index in [0.717, 1.165) is 0 Å². The lowest BCUT2D eigenvalue weighted by Gasteiger charge is -2.13. The Kier molecular flexibility index (Phi) is 4.29. The van der Waals surface area contributed by atoms with Gasteiger partial charge in [0.1, 0.15) is 25.1 Å². The molecule has 6 nitrogen and oxygen atoms in total. The van der Waals surface area contributed by atoms with Gasteiger partial charge in [-0.25, -0.2) is 18.9 Å². The molecular weight excluding hydrogens is 263 g/mol. The van der Waals surface area contributed by atoms with E-state index in [-0.39, 0.29) is 12.2 Å². The van der Waals surface area contributed by atoms with Gasteiger partial charge in [-0.05, 0) is 18.2 Å². The van der Waals surface area contributed by atoms with Crippen molar-refractivity contribution in [2.75, 3.05) is 25.6 Å². The van der Waals surface area contributed by atoms with Gasteiger partial charge in [0.15, 0.2) is 0 Å². The number of rotatable bonds is 5. The molecule has 0 atom stereocenters. The summed E-state index contributed by atoms with van der Waals surface area (Å²) in [5.74, 6) is -1.28. The molecule has 0 unspecified atom stereocenters. The van der Waals surface area contributed by atoms with Crippen LogP contribution < -0.4 is 4.90 Å². The third kappa shape index (κ3) is 3.31. The van der Waals surface area contributed by atoms with Crippen LogP contribution in [0.25, 0.3) is 0 Å². The summed E-state index contributed by atoms with van der Waals surface area (Å²) in [5.41, 5.74) is 0.607. The summed E-state index contributed by atoms with van der Waals surface area (Å²) < 4.78 is 20.3. The lowest BCUT2D eigenvalue weighted by molar-refractivity contribution is 0.0482.